The Morgan fingerprint density at radius 1 is 1.26 bits per heavy atom. The molecule has 2 aliphatic rings. The molecule has 1 saturated carbocycles. The molecule has 2 unspecified atom stereocenters. The van der Waals surface area contributed by atoms with Gasteiger partial charge in [0.2, 0.25) is 0 Å². The van der Waals surface area contributed by atoms with Gasteiger partial charge < -0.3 is 15.3 Å². The zero-order valence-corrected chi connectivity index (χ0v) is 14.0. The molecule has 1 saturated heterocycles. The van der Waals surface area contributed by atoms with Crippen LogP contribution in [0.5, 0.6) is 0 Å². The van der Waals surface area contributed by atoms with Crippen LogP contribution >= 0.6 is 0 Å². The van der Waals surface area contributed by atoms with E-state index in [0.29, 0.717) is 12.0 Å². The molecule has 1 heterocycles. The molecule has 1 amide bonds. The zero-order valence-electron chi connectivity index (χ0n) is 14.0. The Hall–Kier alpha value is -1.55. The maximum Gasteiger partial charge on any atom is 0.253 e. The van der Waals surface area contributed by atoms with E-state index in [1.165, 1.54) is 19.3 Å². The molecule has 0 radical (unpaired) electrons. The van der Waals surface area contributed by atoms with Crippen LogP contribution in [-0.4, -0.2) is 41.7 Å². The normalized spacial score (nSPS) is 25.6. The van der Waals surface area contributed by atoms with E-state index in [1.54, 1.807) is 0 Å². The molecule has 0 aromatic heterocycles. The first kappa shape index (κ1) is 16.3. The second kappa shape index (κ2) is 7.35. The summed E-state index contributed by atoms with van der Waals surface area (Å²) in [7, 11) is 0. The van der Waals surface area contributed by atoms with Crippen LogP contribution in [0.2, 0.25) is 0 Å². The topological polar surface area (TPSA) is 52.6 Å². The predicted molar refractivity (Wildman–Crippen MR) is 92.6 cm³/mol. The molecule has 4 nitrogen and oxygen atoms in total. The number of hydrogen-bond acceptors (Lipinski definition) is 3. The van der Waals surface area contributed by atoms with E-state index >= 15 is 0 Å². The molecule has 126 valence electrons. The van der Waals surface area contributed by atoms with Crippen molar-refractivity contribution in [3.63, 3.8) is 0 Å². The lowest BCUT2D eigenvalue weighted by atomic mass is 9.97. The highest BCUT2D eigenvalue weighted by atomic mass is 16.3. The van der Waals surface area contributed by atoms with Crippen LogP contribution < -0.4 is 5.32 Å². The number of rotatable bonds is 4. The number of carbonyl (C=O) groups is 1. The highest BCUT2D eigenvalue weighted by Gasteiger charge is 2.24. The molecule has 3 rings (SSSR count). The van der Waals surface area contributed by atoms with Crippen LogP contribution in [0.3, 0.4) is 0 Å². The first-order valence-electron chi connectivity index (χ1n) is 8.92. The summed E-state index contributed by atoms with van der Waals surface area (Å²) in [6, 6.07) is 8.45. The summed E-state index contributed by atoms with van der Waals surface area (Å²) in [4.78, 5) is 14.6. The lowest BCUT2D eigenvalue weighted by molar-refractivity contribution is 0.0651. The van der Waals surface area contributed by atoms with Gasteiger partial charge in [-0.15, -0.1) is 0 Å². The summed E-state index contributed by atoms with van der Waals surface area (Å²) in [6.45, 7) is 4.04. The minimum Gasteiger partial charge on any atom is -0.396 e. The Morgan fingerprint density at radius 3 is 2.70 bits per heavy atom. The van der Waals surface area contributed by atoms with Crippen molar-refractivity contribution in [3.05, 3.63) is 29.8 Å². The first-order chi connectivity index (χ1) is 11.2. The third-order valence-corrected chi connectivity index (χ3v) is 5.34. The first-order valence-corrected chi connectivity index (χ1v) is 8.92. The molecule has 1 aromatic carbocycles. The Kier molecular flexibility index (Phi) is 5.21. The van der Waals surface area contributed by atoms with E-state index in [9.17, 15) is 9.90 Å². The second-order valence-electron chi connectivity index (χ2n) is 7.26. The fourth-order valence-electron chi connectivity index (χ4n) is 3.82. The molecule has 2 N–H and O–H groups in total. The van der Waals surface area contributed by atoms with Gasteiger partial charge in [0.15, 0.2) is 0 Å². The number of likely N-dealkylation sites (tertiary alicyclic amines) is 1. The van der Waals surface area contributed by atoms with Gasteiger partial charge in [-0.3, -0.25) is 4.79 Å². The van der Waals surface area contributed by atoms with Crippen LogP contribution in [0.15, 0.2) is 24.3 Å². The molecular formula is C19H28N2O2. The minimum atomic E-state index is 0.116. The standard InChI is InChI=1S/C19H28N2O2/c1-14-5-6-18(11-14)20-17-4-2-3-16(12-17)19(23)21-9-7-15(13-22)8-10-21/h2-4,12,14-15,18,20,22H,5-11,13H2,1H3. The number of hydrogen-bond donors (Lipinski definition) is 2. The van der Waals surface area contributed by atoms with Crippen LogP contribution in [0, 0.1) is 11.8 Å². The van der Waals surface area contributed by atoms with Gasteiger partial charge >= 0.3 is 0 Å². The highest BCUT2D eigenvalue weighted by molar-refractivity contribution is 5.95. The third-order valence-electron chi connectivity index (χ3n) is 5.34. The molecule has 23 heavy (non-hydrogen) atoms. The molecule has 2 atom stereocenters. The number of aliphatic hydroxyl groups is 1. The monoisotopic (exact) mass is 316 g/mol. The van der Waals surface area contributed by atoms with Crippen molar-refractivity contribution in [2.24, 2.45) is 11.8 Å². The number of piperidine rings is 1. The smallest absolute Gasteiger partial charge is 0.253 e. The van der Waals surface area contributed by atoms with E-state index in [1.807, 2.05) is 23.1 Å². The number of benzene rings is 1. The molecule has 1 aliphatic carbocycles. The number of nitrogens with zero attached hydrogens (tertiary/aromatic N) is 1. The average Bonchev–Trinajstić information content (AvgIpc) is 2.99. The maximum atomic E-state index is 12.7. The lowest BCUT2D eigenvalue weighted by Crippen LogP contribution is -2.39. The van der Waals surface area contributed by atoms with Crippen molar-refractivity contribution in [2.75, 3.05) is 25.0 Å². The Bertz CT molecular complexity index is 538. The van der Waals surface area contributed by atoms with Gasteiger partial charge in [-0.2, -0.15) is 0 Å². The van der Waals surface area contributed by atoms with Gasteiger partial charge in [0.05, 0.1) is 0 Å². The number of anilines is 1. The summed E-state index contributed by atoms with van der Waals surface area (Å²) < 4.78 is 0. The van der Waals surface area contributed by atoms with E-state index in [0.717, 1.165) is 43.1 Å². The fourth-order valence-corrected chi connectivity index (χ4v) is 3.82. The summed E-state index contributed by atoms with van der Waals surface area (Å²) >= 11 is 0. The maximum absolute atomic E-state index is 12.7. The number of nitrogens with one attached hydrogen (secondary N) is 1. The van der Waals surface area contributed by atoms with Crippen LogP contribution in [-0.2, 0) is 0 Å². The van der Waals surface area contributed by atoms with Crippen molar-refractivity contribution in [1.29, 1.82) is 0 Å². The third kappa shape index (κ3) is 4.05. The van der Waals surface area contributed by atoms with Crippen LogP contribution in [0.4, 0.5) is 5.69 Å². The van der Waals surface area contributed by atoms with Gasteiger partial charge in [0.25, 0.3) is 5.91 Å². The van der Waals surface area contributed by atoms with E-state index in [2.05, 4.69) is 18.3 Å². The van der Waals surface area contributed by atoms with E-state index in [-0.39, 0.29) is 12.5 Å². The Balaban J connectivity index is 1.61. The van der Waals surface area contributed by atoms with Gasteiger partial charge in [0, 0.05) is 37.0 Å². The van der Waals surface area contributed by atoms with Crippen molar-refractivity contribution < 1.29 is 9.90 Å². The molecule has 1 aromatic rings. The molecular weight excluding hydrogens is 288 g/mol. The number of carbonyl (C=O) groups excluding carboxylic acids is 1. The minimum absolute atomic E-state index is 0.116. The van der Waals surface area contributed by atoms with Gasteiger partial charge in [-0.25, -0.2) is 0 Å². The average molecular weight is 316 g/mol. The largest absolute Gasteiger partial charge is 0.396 e. The molecule has 1 aliphatic heterocycles. The SMILES string of the molecule is CC1CCC(Nc2cccc(C(=O)N3CCC(CO)CC3)c2)C1. The van der Waals surface area contributed by atoms with Crippen LogP contribution in [0.1, 0.15) is 49.4 Å². The zero-order chi connectivity index (χ0) is 16.2. The van der Waals surface area contributed by atoms with Gasteiger partial charge in [0.1, 0.15) is 0 Å². The predicted octanol–water partition coefficient (Wildman–Crippen LogP) is 3.13. The van der Waals surface area contributed by atoms with Crippen molar-refractivity contribution in [2.45, 2.75) is 45.1 Å². The molecule has 0 bridgehead atoms. The fraction of sp³-hybridized carbons (Fsp3) is 0.632. The molecule has 4 heteroatoms. The molecule has 0 spiro atoms. The summed E-state index contributed by atoms with van der Waals surface area (Å²) in [5, 5.41) is 12.8. The second-order valence-corrected chi connectivity index (χ2v) is 7.26. The number of aliphatic hydroxyl groups excluding tert-OH is 1. The van der Waals surface area contributed by atoms with E-state index < -0.39 is 0 Å². The van der Waals surface area contributed by atoms with Gasteiger partial charge in [-0.05, 0) is 62.1 Å². The summed E-state index contributed by atoms with van der Waals surface area (Å²) in [6.07, 6.45) is 5.53. The Labute approximate surface area is 138 Å². The van der Waals surface area contributed by atoms with Crippen molar-refractivity contribution in [1.82, 2.24) is 4.90 Å². The van der Waals surface area contributed by atoms with Crippen molar-refractivity contribution >= 4 is 11.6 Å². The summed E-state index contributed by atoms with van der Waals surface area (Å²) in [5.41, 5.74) is 1.82. The highest BCUT2D eigenvalue weighted by Crippen LogP contribution is 2.28. The van der Waals surface area contributed by atoms with Crippen molar-refractivity contribution in [3.8, 4) is 0 Å². The Morgan fingerprint density at radius 2 is 2.04 bits per heavy atom. The van der Waals surface area contributed by atoms with E-state index in [4.69, 9.17) is 0 Å². The van der Waals surface area contributed by atoms with Crippen LogP contribution in [0.25, 0.3) is 0 Å². The summed E-state index contributed by atoms with van der Waals surface area (Å²) in [5.74, 6) is 1.27. The molecule has 2 fully saturated rings. The quantitative estimate of drug-likeness (QED) is 0.897. The lowest BCUT2D eigenvalue weighted by Gasteiger charge is -2.31. The van der Waals surface area contributed by atoms with Gasteiger partial charge in [-0.1, -0.05) is 13.0 Å². The number of amides is 1.